The highest BCUT2D eigenvalue weighted by Gasteiger charge is 2.44. The van der Waals surface area contributed by atoms with E-state index in [-0.39, 0.29) is 17.7 Å². The normalized spacial score (nSPS) is 21.2. The van der Waals surface area contributed by atoms with E-state index in [1.54, 1.807) is 12.1 Å². The highest BCUT2D eigenvalue weighted by Crippen LogP contribution is 2.48. The van der Waals surface area contributed by atoms with Gasteiger partial charge in [-0.2, -0.15) is 0 Å². The number of anilines is 1. The molecular weight excluding hydrogens is 234 g/mol. The van der Waals surface area contributed by atoms with Crippen LogP contribution in [-0.4, -0.2) is 24.1 Å². The van der Waals surface area contributed by atoms with E-state index in [4.69, 9.17) is 9.84 Å². The van der Waals surface area contributed by atoms with Crippen molar-refractivity contribution in [1.29, 1.82) is 0 Å². The standard InChI is InChI=1S/C13H15NO4/c1-7(15)14-11-5-8(3-4-12(11)18-2)9-6-10(9)13(16)17/h3-5,9-10H,6H2,1-2H3,(H,14,15)(H,16,17). The fourth-order valence-electron chi connectivity index (χ4n) is 2.08. The van der Waals surface area contributed by atoms with Crippen molar-refractivity contribution in [3.63, 3.8) is 0 Å². The minimum absolute atomic E-state index is 0.0425. The molecule has 2 N–H and O–H groups in total. The molecular formula is C13H15NO4. The zero-order valence-electron chi connectivity index (χ0n) is 10.3. The van der Waals surface area contributed by atoms with Crippen LogP contribution in [0.4, 0.5) is 5.69 Å². The third-order valence-corrected chi connectivity index (χ3v) is 3.07. The lowest BCUT2D eigenvalue weighted by atomic mass is 10.1. The zero-order valence-corrected chi connectivity index (χ0v) is 10.3. The van der Waals surface area contributed by atoms with Crippen LogP contribution in [0.5, 0.6) is 5.75 Å². The Morgan fingerprint density at radius 3 is 2.67 bits per heavy atom. The number of carboxylic acids is 1. The Kier molecular flexibility index (Phi) is 3.23. The summed E-state index contributed by atoms with van der Waals surface area (Å²) >= 11 is 0. The first-order chi connectivity index (χ1) is 8.52. The van der Waals surface area contributed by atoms with Crippen molar-refractivity contribution in [2.24, 2.45) is 5.92 Å². The number of rotatable bonds is 4. The van der Waals surface area contributed by atoms with Gasteiger partial charge < -0.3 is 15.2 Å². The second-order valence-electron chi connectivity index (χ2n) is 4.43. The summed E-state index contributed by atoms with van der Waals surface area (Å²) in [7, 11) is 1.53. The molecule has 5 heteroatoms. The first-order valence-electron chi connectivity index (χ1n) is 5.71. The van der Waals surface area contributed by atoms with E-state index in [0.29, 0.717) is 17.9 Å². The lowest BCUT2D eigenvalue weighted by molar-refractivity contribution is -0.138. The summed E-state index contributed by atoms with van der Waals surface area (Å²) in [5, 5.41) is 11.6. The van der Waals surface area contributed by atoms with Crippen LogP contribution in [0.3, 0.4) is 0 Å². The smallest absolute Gasteiger partial charge is 0.307 e. The van der Waals surface area contributed by atoms with Crippen LogP contribution in [-0.2, 0) is 9.59 Å². The molecule has 1 amide bonds. The molecule has 2 atom stereocenters. The van der Waals surface area contributed by atoms with E-state index in [9.17, 15) is 9.59 Å². The minimum Gasteiger partial charge on any atom is -0.495 e. The summed E-state index contributed by atoms with van der Waals surface area (Å²) in [6, 6.07) is 5.38. The Bertz CT molecular complexity index is 498. The maximum Gasteiger partial charge on any atom is 0.307 e. The maximum atomic E-state index is 11.1. The van der Waals surface area contributed by atoms with Crippen LogP contribution in [0, 0.1) is 5.92 Å². The van der Waals surface area contributed by atoms with Crippen LogP contribution in [0.15, 0.2) is 18.2 Å². The van der Waals surface area contributed by atoms with Gasteiger partial charge in [0.1, 0.15) is 5.75 Å². The Balaban J connectivity index is 2.23. The van der Waals surface area contributed by atoms with Crippen LogP contribution in [0.25, 0.3) is 0 Å². The zero-order chi connectivity index (χ0) is 13.3. The first-order valence-corrected chi connectivity index (χ1v) is 5.71. The Hall–Kier alpha value is -2.04. The summed E-state index contributed by atoms with van der Waals surface area (Å²) in [5.41, 5.74) is 1.51. The molecule has 1 aromatic carbocycles. The number of methoxy groups -OCH3 is 1. The van der Waals surface area contributed by atoms with Gasteiger partial charge in [-0.05, 0) is 30.0 Å². The quantitative estimate of drug-likeness (QED) is 0.853. The van der Waals surface area contributed by atoms with Gasteiger partial charge in [0.2, 0.25) is 5.91 Å². The van der Waals surface area contributed by atoms with Crippen molar-refractivity contribution in [2.75, 3.05) is 12.4 Å². The van der Waals surface area contributed by atoms with Crippen molar-refractivity contribution in [3.05, 3.63) is 23.8 Å². The fourth-order valence-corrected chi connectivity index (χ4v) is 2.08. The summed E-state index contributed by atoms with van der Waals surface area (Å²) in [5.74, 6) is -0.640. The monoisotopic (exact) mass is 249 g/mol. The van der Waals surface area contributed by atoms with Gasteiger partial charge in [0.15, 0.2) is 0 Å². The van der Waals surface area contributed by atoms with E-state index in [0.717, 1.165) is 5.56 Å². The summed E-state index contributed by atoms with van der Waals surface area (Å²) < 4.78 is 5.14. The number of ether oxygens (including phenoxy) is 1. The van der Waals surface area contributed by atoms with E-state index in [1.807, 2.05) is 6.07 Å². The van der Waals surface area contributed by atoms with Crippen LogP contribution >= 0.6 is 0 Å². The molecule has 0 bridgehead atoms. The number of nitrogens with one attached hydrogen (secondary N) is 1. The number of carbonyl (C=O) groups is 2. The summed E-state index contributed by atoms with van der Waals surface area (Å²) in [6.07, 6.45) is 0.654. The van der Waals surface area contributed by atoms with Gasteiger partial charge in [0, 0.05) is 6.92 Å². The molecule has 1 aliphatic rings. The Morgan fingerprint density at radius 2 is 2.17 bits per heavy atom. The molecule has 0 saturated heterocycles. The number of carbonyl (C=O) groups excluding carboxylic acids is 1. The molecule has 0 heterocycles. The van der Waals surface area contributed by atoms with Gasteiger partial charge in [0.05, 0.1) is 18.7 Å². The summed E-state index contributed by atoms with van der Waals surface area (Å²) in [4.78, 5) is 21.9. The number of carboxylic acid groups (broad SMARTS) is 1. The van der Waals surface area contributed by atoms with Crippen molar-refractivity contribution in [3.8, 4) is 5.75 Å². The number of hydrogen-bond donors (Lipinski definition) is 2. The fraction of sp³-hybridized carbons (Fsp3) is 0.385. The molecule has 1 saturated carbocycles. The second-order valence-corrected chi connectivity index (χ2v) is 4.43. The molecule has 1 fully saturated rings. The first kappa shape index (κ1) is 12.4. The predicted molar refractivity (Wildman–Crippen MR) is 65.8 cm³/mol. The molecule has 96 valence electrons. The molecule has 0 aliphatic heterocycles. The maximum absolute atomic E-state index is 11.1. The number of hydrogen-bond acceptors (Lipinski definition) is 3. The van der Waals surface area contributed by atoms with E-state index >= 15 is 0 Å². The summed E-state index contributed by atoms with van der Waals surface area (Å²) in [6.45, 7) is 1.42. The lowest BCUT2D eigenvalue weighted by Crippen LogP contribution is -2.07. The molecule has 2 rings (SSSR count). The van der Waals surface area contributed by atoms with Gasteiger partial charge in [-0.25, -0.2) is 0 Å². The van der Waals surface area contributed by atoms with Crippen molar-refractivity contribution >= 4 is 17.6 Å². The van der Waals surface area contributed by atoms with Crippen molar-refractivity contribution < 1.29 is 19.4 Å². The largest absolute Gasteiger partial charge is 0.495 e. The predicted octanol–water partition coefficient (Wildman–Crippen LogP) is 1.84. The molecule has 5 nitrogen and oxygen atoms in total. The molecule has 0 radical (unpaired) electrons. The van der Waals surface area contributed by atoms with Gasteiger partial charge in [-0.15, -0.1) is 0 Å². The molecule has 0 spiro atoms. The van der Waals surface area contributed by atoms with E-state index < -0.39 is 5.97 Å². The van der Waals surface area contributed by atoms with E-state index in [1.165, 1.54) is 14.0 Å². The Labute approximate surface area is 105 Å². The number of amides is 1. The molecule has 18 heavy (non-hydrogen) atoms. The molecule has 1 aromatic rings. The highest BCUT2D eigenvalue weighted by atomic mass is 16.5. The highest BCUT2D eigenvalue weighted by molar-refractivity contribution is 5.90. The second kappa shape index (κ2) is 4.68. The molecule has 2 unspecified atom stereocenters. The molecule has 1 aliphatic carbocycles. The number of aliphatic carboxylic acids is 1. The minimum atomic E-state index is -0.767. The van der Waals surface area contributed by atoms with Crippen LogP contribution in [0.2, 0.25) is 0 Å². The molecule has 0 aromatic heterocycles. The van der Waals surface area contributed by atoms with Gasteiger partial charge in [0.25, 0.3) is 0 Å². The average Bonchev–Trinajstić information content (AvgIpc) is 3.08. The van der Waals surface area contributed by atoms with Crippen LogP contribution < -0.4 is 10.1 Å². The number of benzene rings is 1. The van der Waals surface area contributed by atoms with Crippen molar-refractivity contribution in [2.45, 2.75) is 19.3 Å². The van der Waals surface area contributed by atoms with Gasteiger partial charge >= 0.3 is 5.97 Å². The third kappa shape index (κ3) is 2.45. The SMILES string of the molecule is COc1ccc(C2CC2C(=O)O)cc1NC(C)=O. The lowest BCUT2D eigenvalue weighted by Gasteiger charge is -2.10. The van der Waals surface area contributed by atoms with E-state index in [2.05, 4.69) is 5.32 Å². The van der Waals surface area contributed by atoms with Crippen molar-refractivity contribution in [1.82, 2.24) is 0 Å². The Morgan fingerprint density at radius 1 is 1.44 bits per heavy atom. The van der Waals surface area contributed by atoms with Gasteiger partial charge in [-0.1, -0.05) is 6.07 Å². The average molecular weight is 249 g/mol. The van der Waals surface area contributed by atoms with Gasteiger partial charge in [-0.3, -0.25) is 9.59 Å². The third-order valence-electron chi connectivity index (χ3n) is 3.07. The van der Waals surface area contributed by atoms with Crippen LogP contribution in [0.1, 0.15) is 24.8 Å². The topological polar surface area (TPSA) is 75.6 Å².